The van der Waals surface area contributed by atoms with Crippen molar-refractivity contribution in [2.24, 2.45) is 0 Å². The summed E-state index contributed by atoms with van der Waals surface area (Å²) in [5, 5.41) is 4.38. The van der Waals surface area contributed by atoms with Crippen molar-refractivity contribution in [1.82, 2.24) is 14.8 Å². The summed E-state index contributed by atoms with van der Waals surface area (Å²) in [5.74, 6) is 0.300. The van der Waals surface area contributed by atoms with E-state index in [1.807, 2.05) is 36.4 Å². The maximum absolute atomic E-state index is 13.2. The number of carbonyl (C=O) groups excluding carboxylic acids is 1. The zero-order valence-electron chi connectivity index (χ0n) is 18.2. The second kappa shape index (κ2) is 10.7. The highest BCUT2D eigenvalue weighted by Crippen LogP contribution is 2.22. The fourth-order valence-corrected chi connectivity index (χ4v) is 3.20. The van der Waals surface area contributed by atoms with Gasteiger partial charge in [0, 0.05) is 11.1 Å². The van der Waals surface area contributed by atoms with E-state index in [0.29, 0.717) is 18.0 Å². The summed E-state index contributed by atoms with van der Waals surface area (Å²) < 4.78 is 7.05. The van der Waals surface area contributed by atoms with Crippen LogP contribution < -0.4 is 4.74 Å². The molecular weight excluding hydrogens is 374 g/mol. The lowest BCUT2D eigenvalue weighted by molar-refractivity contribution is 0.0944. The van der Waals surface area contributed by atoms with Gasteiger partial charge in [0.15, 0.2) is 5.82 Å². The monoisotopic (exact) mass is 405 g/mol. The van der Waals surface area contributed by atoms with Gasteiger partial charge < -0.3 is 4.74 Å². The fourth-order valence-electron chi connectivity index (χ4n) is 3.20. The van der Waals surface area contributed by atoms with Gasteiger partial charge in [-0.1, -0.05) is 70.0 Å². The van der Waals surface area contributed by atoms with Gasteiger partial charge in [-0.2, -0.15) is 9.67 Å². The molecule has 0 unspecified atom stereocenters. The van der Waals surface area contributed by atoms with E-state index in [1.165, 1.54) is 15.8 Å². The predicted molar refractivity (Wildman–Crippen MR) is 120 cm³/mol. The second-order valence-corrected chi connectivity index (χ2v) is 7.49. The van der Waals surface area contributed by atoms with Gasteiger partial charge in [-0.25, -0.2) is 0 Å². The smallest absolute Gasteiger partial charge is 0.336 e. The molecule has 0 aliphatic rings. The minimum atomic E-state index is -0.204. The van der Waals surface area contributed by atoms with Crippen molar-refractivity contribution < 1.29 is 9.53 Å². The molecule has 158 valence electrons. The van der Waals surface area contributed by atoms with Crippen LogP contribution in [0.15, 0.2) is 48.5 Å². The number of unbranched alkanes of at least 4 members (excludes halogenated alkanes) is 2. The topological polar surface area (TPSA) is 57.0 Å². The molecule has 0 saturated carbocycles. The van der Waals surface area contributed by atoms with Crippen molar-refractivity contribution in [3.63, 3.8) is 0 Å². The molecule has 5 nitrogen and oxygen atoms in total. The predicted octanol–water partition coefficient (Wildman–Crippen LogP) is 5.72. The lowest BCUT2D eigenvalue weighted by Gasteiger charge is -2.06. The Morgan fingerprint density at radius 3 is 2.20 bits per heavy atom. The largest absolute Gasteiger partial charge is 0.462 e. The van der Waals surface area contributed by atoms with Crippen LogP contribution in [0.1, 0.15) is 67.9 Å². The first-order chi connectivity index (χ1) is 14.7. The van der Waals surface area contributed by atoms with E-state index in [4.69, 9.17) is 4.74 Å². The highest BCUT2D eigenvalue weighted by atomic mass is 16.5. The van der Waals surface area contributed by atoms with E-state index in [9.17, 15) is 4.79 Å². The van der Waals surface area contributed by atoms with Gasteiger partial charge in [-0.05, 0) is 48.9 Å². The SMILES string of the molecule is CCCCOc1nc(-c2ccc(CC)cc2)n(C(=O)c2ccc(CCCC)cc2)n1. The molecule has 0 atom stereocenters. The van der Waals surface area contributed by atoms with Crippen LogP contribution in [0, 0.1) is 0 Å². The van der Waals surface area contributed by atoms with Crippen LogP contribution in [0.4, 0.5) is 0 Å². The molecule has 0 N–H and O–H groups in total. The van der Waals surface area contributed by atoms with Crippen molar-refractivity contribution in [3.8, 4) is 17.4 Å². The first-order valence-corrected chi connectivity index (χ1v) is 11.0. The third-order valence-electron chi connectivity index (χ3n) is 5.15. The molecule has 3 aromatic rings. The average Bonchev–Trinajstić information content (AvgIpc) is 3.22. The van der Waals surface area contributed by atoms with Crippen LogP contribution >= 0.6 is 0 Å². The van der Waals surface area contributed by atoms with Crippen LogP contribution in [0.2, 0.25) is 0 Å². The van der Waals surface area contributed by atoms with Gasteiger partial charge in [0.05, 0.1) is 6.61 Å². The number of benzene rings is 2. The quantitative estimate of drug-likeness (QED) is 0.405. The molecule has 0 bridgehead atoms. The number of nitrogens with zero attached hydrogens (tertiary/aromatic N) is 3. The number of hydrogen-bond acceptors (Lipinski definition) is 4. The third-order valence-corrected chi connectivity index (χ3v) is 5.15. The summed E-state index contributed by atoms with van der Waals surface area (Å²) in [4.78, 5) is 17.8. The lowest BCUT2D eigenvalue weighted by atomic mass is 10.1. The van der Waals surface area contributed by atoms with Gasteiger partial charge in [0.25, 0.3) is 5.91 Å². The normalized spacial score (nSPS) is 10.9. The van der Waals surface area contributed by atoms with E-state index in [0.717, 1.165) is 44.1 Å². The summed E-state index contributed by atoms with van der Waals surface area (Å²) in [6.45, 7) is 6.93. The molecule has 2 aromatic carbocycles. The van der Waals surface area contributed by atoms with Crippen molar-refractivity contribution in [3.05, 3.63) is 65.2 Å². The standard InChI is InChI=1S/C25H31N3O2/c1-4-7-9-20-12-16-22(17-13-20)24(29)28-23(21-14-10-19(6-3)11-15-21)26-25(27-28)30-18-8-5-2/h10-17H,4-9,18H2,1-3H3. The number of aryl methyl sites for hydroxylation is 2. The van der Waals surface area contributed by atoms with Gasteiger partial charge >= 0.3 is 6.01 Å². The van der Waals surface area contributed by atoms with Crippen LogP contribution in [0.25, 0.3) is 11.4 Å². The van der Waals surface area contributed by atoms with E-state index >= 15 is 0 Å². The van der Waals surface area contributed by atoms with Gasteiger partial charge in [0.2, 0.25) is 0 Å². The lowest BCUT2D eigenvalue weighted by Crippen LogP contribution is -2.15. The Balaban J connectivity index is 1.91. The van der Waals surface area contributed by atoms with Crippen molar-refractivity contribution in [2.75, 3.05) is 6.61 Å². The highest BCUT2D eigenvalue weighted by molar-refractivity contribution is 5.97. The molecule has 3 rings (SSSR count). The van der Waals surface area contributed by atoms with E-state index in [2.05, 4.69) is 43.0 Å². The highest BCUT2D eigenvalue weighted by Gasteiger charge is 2.20. The summed E-state index contributed by atoms with van der Waals surface area (Å²) >= 11 is 0. The van der Waals surface area contributed by atoms with Gasteiger partial charge in [0.1, 0.15) is 0 Å². The molecule has 0 fully saturated rings. The van der Waals surface area contributed by atoms with Gasteiger partial charge in [-0.15, -0.1) is 5.10 Å². The number of carbonyl (C=O) groups is 1. The number of ether oxygens (including phenoxy) is 1. The van der Waals surface area contributed by atoms with E-state index in [-0.39, 0.29) is 11.9 Å². The number of hydrogen-bond donors (Lipinski definition) is 0. The molecule has 1 aromatic heterocycles. The molecule has 5 heteroatoms. The average molecular weight is 406 g/mol. The Bertz CT molecular complexity index is 944. The minimum absolute atomic E-state index is 0.204. The van der Waals surface area contributed by atoms with Crippen molar-refractivity contribution in [1.29, 1.82) is 0 Å². The molecule has 0 amide bonds. The number of rotatable bonds is 10. The molecule has 0 aliphatic carbocycles. The van der Waals surface area contributed by atoms with Gasteiger partial charge in [-0.3, -0.25) is 4.79 Å². The maximum atomic E-state index is 13.2. The summed E-state index contributed by atoms with van der Waals surface area (Å²) in [5.41, 5.74) is 3.91. The van der Waals surface area contributed by atoms with E-state index < -0.39 is 0 Å². The van der Waals surface area contributed by atoms with Crippen LogP contribution in [0.3, 0.4) is 0 Å². The Kier molecular flexibility index (Phi) is 7.77. The Labute approximate surface area is 179 Å². The molecule has 0 aliphatic heterocycles. The molecular formula is C25H31N3O2. The zero-order chi connectivity index (χ0) is 21.3. The summed E-state index contributed by atoms with van der Waals surface area (Å²) in [6, 6.07) is 16.1. The number of aromatic nitrogens is 3. The Morgan fingerprint density at radius 2 is 1.57 bits per heavy atom. The van der Waals surface area contributed by atoms with Crippen molar-refractivity contribution in [2.45, 2.75) is 59.3 Å². The molecule has 0 spiro atoms. The summed E-state index contributed by atoms with van der Waals surface area (Å²) in [6.07, 6.45) is 6.23. The maximum Gasteiger partial charge on any atom is 0.336 e. The Hall–Kier alpha value is -2.95. The molecule has 0 radical (unpaired) electrons. The van der Waals surface area contributed by atoms with Crippen LogP contribution in [0.5, 0.6) is 6.01 Å². The van der Waals surface area contributed by atoms with Crippen molar-refractivity contribution >= 4 is 5.91 Å². The second-order valence-electron chi connectivity index (χ2n) is 7.49. The molecule has 0 saturated heterocycles. The van der Waals surface area contributed by atoms with Crippen LogP contribution in [-0.2, 0) is 12.8 Å². The minimum Gasteiger partial charge on any atom is -0.462 e. The third kappa shape index (κ3) is 5.35. The summed E-state index contributed by atoms with van der Waals surface area (Å²) in [7, 11) is 0. The molecule has 1 heterocycles. The fraction of sp³-hybridized carbons (Fsp3) is 0.400. The molecule has 30 heavy (non-hydrogen) atoms. The zero-order valence-corrected chi connectivity index (χ0v) is 18.2. The first kappa shape index (κ1) is 21.8. The first-order valence-electron chi connectivity index (χ1n) is 11.0. The van der Waals surface area contributed by atoms with Crippen LogP contribution in [-0.4, -0.2) is 27.3 Å². The Morgan fingerprint density at radius 1 is 0.900 bits per heavy atom. The van der Waals surface area contributed by atoms with E-state index in [1.54, 1.807) is 0 Å².